The van der Waals surface area contributed by atoms with E-state index >= 15 is 0 Å². The van der Waals surface area contributed by atoms with Crippen molar-refractivity contribution in [2.24, 2.45) is 5.92 Å². The lowest BCUT2D eigenvalue weighted by atomic mass is 10.2. The van der Waals surface area contributed by atoms with E-state index in [0.29, 0.717) is 19.6 Å². The van der Waals surface area contributed by atoms with Crippen LogP contribution in [0.15, 0.2) is 0 Å². The van der Waals surface area contributed by atoms with E-state index in [9.17, 15) is 8.42 Å². The molecule has 0 radical (unpaired) electrons. The zero-order valence-electron chi connectivity index (χ0n) is 10.8. The van der Waals surface area contributed by atoms with Crippen molar-refractivity contribution in [2.75, 3.05) is 32.6 Å². The van der Waals surface area contributed by atoms with E-state index < -0.39 is 10.0 Å². The molecule has 0 rings (SSSR count). The summed E-state index contributed by atoms with van der Waals surface area (Å²) in [5, 5.41) is 8.54. The highest BCUT2D eigenvalue weighted by molar-refractivity contribution is 7.89. The maximum atomic E-state index is 12.0. The molecule has 0 spiro atoms. The van der Waals surface area contributed by atoms with Gasteiger partial charge in [0.25, 0.3) is 0 Å². The lowest BCUT2D eigenvalue weighted by molar-refractivity contribution is 0.199. The summed E-state index contributed by atoms with van der Waals surface area (Å²) in [7, 11) is -1.71. The van der Waals surface area contributed by atoms with Crippen molar-refractivity contribution >= 4 is 10.0 Å². The molecule has 0 aromatic rings. The van der Waals surface area contributed by atoms with Gasteiger partial charge in [-0.05, 0) is 12.3 Å². The molecule has 5 nitrogen and oxygen atoms in total. The number of rotatable bonds is 9. The van der Waals surface area contributed by atoms with Gasteiger partial charge in [0.2, 0.25) is 10.0 Å². The number of hydrogen-bond acceptors (Lipinski definition) is 4. The summed E-state index contributed by atoms with van der Waals surface area (Å²) in [5.74, 6) is 0.338. The molecule has 100 valence electrons. The number of methoxy groups -OCH3 is 1. The van der Waals surface area contributed by atoms with Crippen LogP contribution in [-0.4, -0.2) is 45.3 Å². The first kappa shape index (κ1) is 16.4. The van der Waals surface area contributed by atoms with Crippen LogP contribution in [0.5, 0.6) is 0 Å². The first-order valence-corrected chi connectivity index (χ1v) is 7.38. The van der Waals surface area contributed by atoms with Gasteiger partial charge < -0.3 is 4.74 Å². The molecule has 0 aliphatic carbocycles. The summed E-state index contributed by atoms with van der Waals surface area (Å²) in [6.07, 6.45) is 0.718. The minimum absolute atomic E-state index is 0.0823. The Bertz CT molecular complexity index is 333. The largest absolute Gasteiger partial charge is 0.385 e. The van der Waals surface area contributed by atoms with E-state index in [1.54, 1.807) is 7.11 Å². The van der Waals surface area contributed by atoms with Gasteiger partial charge in [-0.15, -0.1) is 0 Å². The predicted molar refractivity (Wildman–Crippen MR) is 66.9 cm³/mol. The van der Waals surface area contributed by atoms with Gasteiger partial charge in [-0.1, -0.05) is 13.8 Å². The van der Waals surface area contributed by atoms with E-state index in [2.05, 4.69) is 0 Å². The highest BCUT2D eigenvalue weighted by Gasteiger charge is 2.21. The summed E-state index contributed by atoms with van der Waals surface area (Å²) in [6, 6.07) is 1.98. The number of nitrogens with zero attached hydrogens (tertiary/aromatic N) is 2. The minimum atomic E-state index is -3.26. The molecule has 17 heavy (non-hydrogen) atoms. The fourth-order valence-electron chi connectivity index (χ4n) is 1.44. The number of ether oxygens (including phenoxy) is 1. The Morgan fingerprint density at radius 1 is 1.41 bits per heavy atom. The Hall–Kier alpha value is -0.640. The van der Waals surface area contributed by atoms with Crippen LogP contribution < -0.4 is 0 Å². The maximum absolute atomic E-state index is 12.0. The Morgan fingerprint density at radius 3 is 2.53 bits per heavy atom. The molecule has 0 fully saturated rings. The van der Waals surface area contributed by atoms with Crippen LogP contribution in [0, 0.1) is 17.2 Å². The quantitative estimate of drug-likeness (QED) is 0.586. The summed E-state index contributed by atoms with van der Waals surface area (Å²) < 4.78 is 30.3. The molecule has 0 aromatic carbocycles. The number of sulfonamides is 1. The number of nitriles is 1. The summed E-state index contributed by atoms with van der Waals surface area (Å²) in [5.41, 5.74) is 0. The van der Waals surface area contributed by atoms with Crippen molar-refractivity contribution in [1.29, 1.82) is 5.26 Å². The second-order valence-electron chi connectivity index (χ2n) is 4.32. The van der Waals surface area contributed by atoms with Crippen molar-refractivity contribution in [1.82, 2.24) is 4.31 Å². The molecule has 0 aliphatic heterocycles. The summed E-state index contributed by atoms with van der Waals surface area (Å²) >= 11 is 0. The third-order valence-electron chi connectivity index (χ3n) is 2.19. The third kappa shape index (κ3) is 7.31. The van der Waals surface area contributed by atoms with Gasteiger partial charge in [0, 0.05) is 33.2 Å². The fraction of sp³-hybridized carbons (Fsp3) is 0.909. The third-order valence-corrected chi connectivity index (χ3v) is 4.11. The molecule has 0 N–H and O–H groups in total. The van der Waals surface area contributed by atoms with Gasteiger partial charge in [0.1, 0.15) is 0 Å². The highest BCUT2D eigenvalue weighted by Crippen LogP contribution is 2.08. The van der Waals surface area contributed by atoms with Crippen molar-refractivity contribution in [2.45, 2.75) is 26.7 Å². The van der Waals surface area contributed by atoms with Crippen molar-refractivity contribution in [3.63, 3.8) is 0 Å². The molecule has 0 heterocycles. The van der Waals surface area contributed by atoms with Gasteiger partial charge in [0.05, 0.1) is 11.8 Å². The lowest BCUT2D eigenvalue weighted by Gasteiger charge is -2.22. The molecule has 0 amide bonds. The predicted octanol–water partition coefficient (Wildman–Crippen LogP) is 1.22. The molecule has 0 unspecified atom stereocenters. The van der Waals surface area contributed by atoms with Gasteiger partial charge in [-0.25, -0.2) is 12.7 Å². The normalized spacial score (nSPS) is 12.0. The van der Waals surface area contributed by atoms with Crippen molar-refractivity contribution < 1.29 is 13.2 Å². The fourth-order valence-corrected chi connectivity index (χ4v) is 3.08. The summed E-state index contributed by atoms with van der Waals surface area (Å²) in [6.45, 7) is 5.11. The average Bonchev–Trinajstić information content (AvgIpc) is 2.23. The molecule has 0 aliphatic rings. The molecule has 0 bridgehead atoms. The molecule has 6 heteroatoms. The summed E-state index contributed by atoms with van der Waals surface area (Å²) in [4.78, 5) is 0. The zero-order valence-corrected chi connectivity index (χ0v) is 11.7. The van der Waals surface area contributed by atoms with Crippen LogP contribution in [0.2, 0.25) is 0 Å². The van der Waals surface area contributed by atoms with Crippen LogP contribution >= 0.6 is 0 Å². The molecular formula is C11H22N2O3S. The number of hydrogen-bond donors (Lipinski definition) is 0. The lowest BCUT2D eigenvalue weighted by Crippen LogP contribution is -2.36. The zero-order chi connectivity index (χ0) is 13.3. The van der Waals surface area contributed by atoms with Crippen molar-refractivity contribution in [3.8, 4) is 6.07 Å². The van der Waals surface area contributed by atoms with E-state index in [1.165, 1.54) is 4.31 Å². The molecule has 0 saturated heterocycles. The Balaban J connectivity index is 4.48. The van der Waals surface area contributed by atoms with E-state index in [4.69, 9.17) is 10.00 Å². The van der Waals surface area contributed by atoms with Gasteiger partial charge in [-0.3, -0.25) is 0 Å². The minimum Gasteiger partial charge on any atom is -0.385 e. The standard InChI is InChI=1S/C11H22N2O3S/c1-11(2)10-13(7-4-6-12)17(14,15)9-5-8-16-3/h11H,4-5,7-10H2,1-3H3. The van der Waals surface area contributed by atoms with Crippen molar-refractivity contribution in [3.05, 3.63) is 0 Å². The van der Waals surface area contributed by atoms with Crippen LogP contribution in [0.1, 0.15) is 26.7 Å². The second-order valence-corrected chi connectivity index (χ2v) is 6.41. The first-order valence-electron chi connectivity index (χ1n) is 5.77. The van der Waals surface area contributed by atoms with E-state index in [-0.39, 0.29) is 24.6 Å². The van der Waals surface area contributed by atoms with Gasteiger partial charge in [0.15, 0.2) is 0 Å². The average molecular weight is 262 g/mol. The molecule has 0 saturated carbocycles. The van der Waals surface area contributed by atoms with Gasteiger partial charge >= 0.3 is 0 Å². The molecule has 0 atom stereocenters. The van der Waals surface area contributed by atoms with Crippen LogP contribution in [-0.2, 0) is 14.8 Å². The Labute approximate surface area is 104 Å². The first-order chi connectivity index (χ1) is 7.94. The van der Waals surface area contributed by atoms with E-state index in [1.807, 2.05) is 19.9 Å². The smallest absolute Gasteiger partial charge is 0.214 e. The van der Waals surface area contributed by atoms with E-state index in [0.717, 1.165) is 0 Å². The monoisotopic (exact) mass is 262 g/mol. The second kappa shape index (κ2) is 8.45. The maximum Gasteiger partial charge on any atom is 0.214 e. The van der Waals surface area contributed by atoms with Crippen LogP contribution in [0.4, 0.5) is 0 Å². The molecular weight excluding hydrogens is 240 g/mol. The van der Waals surface area contributed by atoms with Gasteiger partial charge in [-0.2, -0.15) is 5.26 Å². The van der Waals surface area contributed by atoms with Crippen LogP contribution in [0.25, 0.3) is 0 Å². The Kier molecular flexibility index (Phi) is 8.13. The topological polar surface area (TPSA) is 70.4 Å². The molecule has 0 aromatic heterocycles. The van der Waals surface area contributed by atoms with Crippen LogP contribution in [0.3, 0.4) is 0 Å². The highest BCUT2D eigenvalue weighted by atomic mass is 32.2. The Morgan fingerprint density at radius 2 is 2.06 bits per heavy atom. The SMILES string of the molecule is COCCCS(=O)(=O)N(CCC#N)CC(C)C.